The lowest BCUT2D eigenvalue weighted by atomic mass is 9.86. The van der Waals surface area contributed by atoms with Gasteiger partial charge in [0.05, 0.1) is 0 Å². The van der Waals surface area contributed by atoms with Crippen molar-refractivity contribution in [3.63, 3.8) is 0 Å². The van der Waals surface area contributed by atoms with E-state index in [2.05, 4.69) is 31.1 Å². The molecular formula is C24H39N5O3. The number of rotatable bonds is 11. The van der Waals surface area contributed by atoms with Crippen molar-refractivity contribution in [2.45, 2.75) is 111 Å². The third-order valence-electron chi connectivity index (χ3n) is 6.72. The molecule has 32 heavy (non-hydrogen) atoms. The predicted octanol–water partition coefficient (Wildman–Crippen LogP) is 3.50. The molecule has 1 aliphatic rings. The van der Waals surface area contributed by atoms with E-state index in [4.69, 9.17) is 4.98 Å². The summed E-state index contributed by atoms with van der Waals surface area (Å²) < 4.78 is 3.51. The number of aromatic amines is 1. The maximum absolute atomic E-state index is 12.7. The van der Waals surface area contributed by atoms with Gasteiger partial charge in [-0.15, -0.1) is 0 Å². The lowest BCUT2D eigenvalue weighted by molar-refractivity contribution is -0.122. The molecule has 1 saturated carbocycles. The van der Waals surface area contributed by atoms with Gasteiger partial charge >= 0.3 is 5.69 Å². The summed E-state index contributed by atoms with van der Waals surface area (Å²) in [5.74, 6) is 1.26. The van der Waals surface area contributed by atoms with Crippen molar-refractivity contribution in [2.75, 3.05) is 0 Å². The maximum atomic E-state index is 12.7. The molecule has 2 aromatic rings. The maximum Gasteiger partial charge on any atom is 0.330 e. The molecule has 0 unspecified atom stereocenters. The highest BCUT2D eigenvalue weighted by molar-refractivity contribution is 5.77. The van der Waals surface area contributed by atoms with E-state index >= 15 is 0 Å². The van der Waals surface area contributed by atoms with E-state index in [-0.39, 0.29) is 11.9 Å². The first-order valence-corrected chi connectivity index (χ1v) is 12.5. The standard InChI is InChI=1S/C24H39N5O3/c1-4-6-10-16-28-19(13-14-20(30)25-18-12-9-8-11-17(18)3)26-22-21(28)23(31)27-24(32)29(22)15-7-5-2/h17-18H,4-16H2,1-3H3,(H,25,30)(H,27,31,32)/t17-,18-/m0/s1. The van der Waals surface area contributed by atoms with Crippen molar-refractivity contribution in [3.8, 4) is 0 Å². The Morgan fingerprint density at radius 1 is 1.06 bits per heavy atom. The number of aryl methyl sites for hydroxylation is 3. The Morgan fingerprint density at radius 3 is 2.50 bits per heavy atom. The zero-order valence-electron chi connectivity index (χ0n) is 19.9. The zero-order chi connectivity index (χ0) is 23.1. The van der Waals surface area contributed by atoms with Crippen molar-refractivity contribution >= 4 is 17.1 Å². The Balaban J connectivity index is 1.86. The molecular weight excluding hydrogens is 406 g/mol. The SMILES string of the molecule is CCCCCn1c(CCC(=O)N[C@H]2CCCC[C@@H]2C)nc2c1c(=O)[nH]c(=O)n2CCCC. The van der Waals surface area contributed by atoms with Crippen molar-refractivity contribution in [1.82, 2.24) is 24.4 Å². The van der Waals surface area contributed by atoms with Crippen LogP contribution in [0.5, 0.6) is 0 Å². The summed E-state index contributed by atoms with van der Waals surface area (Å²) in [4.78, 5) is 45.0. The number of hydrogen-bond donors (Lipinski definition) is 2. The highest BCUT2D eigenvalue weighted by Gasteiger charge is 2.23. The molecule has 2 atom stereocenters. The van der Waals surface area contributed by atoms with Gasteiger partial charge < -0.3 is 9.88 Å². The van der Waals surface area contributed by atoms with Gasteiger partial charge in [0.15, 0.2) is 11.2 Å². The van der Waals surface area contributed by atoms with E-state index < -0.39 is 11.2 Å². The summed E-state index contributed by atoms with van der Waals surface area (Å²) in [5.41, 5.74) is 0.0892. The molecule has 1 amide bonds. The highest BCUT2D eigenvalue weighted by Crippen LogP contribution is 2.24. The number of fused-ring (bicyclic) bond motifs is 1. The van der Waals surface area contributed by atoms with Crippen molar-refractivity contribution in [2.24, 2.45) is 5.92 Å². The van der Waals surface area contributed by atoms with Gasteiger partial charge in [-0.25, -0.2) is 9.78 Å². The fourth-order valence-corrected chi connectivity index (χ4v) is 4.73. The quantitative estimate of drug-likeness (QED) is 0.517. The molecule has 0 saturated heterocycles. The largest absolute Gasteiger partial charge is 0.353 e. The summed E-state index contributed by atoms with van der Waals surface area (Å²) in [6.45, 7) is 7.59. The van der Waals surface area contributed by atoms with Crippen molar-refractivity contribution in [3.05, 3.63) is 26.7 Å². The molecule has 0 aliphatic heterocycles. The first kappa shape index (κ1) is 24.3. The van der Waals surface area contributed by atoms with Crippen LogP contribution in [0.3, 0.4) is 0 Å². The Kier molecular flexibility index (Phi) is 8.70. The Bertz CT molecular complexity index is 1020. The number of unbranched alkanes of at least 4 members (excludes halogenated alkanes) is 3. The summed E-state index contributed by atoms with van der Waals surface area (Å²) >= 11 is 0. The smallest absolute Gasteiger partial charge is 0.330 e. The van der Waals surface area contributed by atoms with Gasteiger partial charge in [0.25, 0.3) is 5.56 Å². The van der Waals surface area contributed by atoms with Crippen LogP contribution in [0.2, 0.25) is 0 Å². The minimum atomic E-state index is -0.412. The van der Waals surface area contributed by atoms with Crippen LogP contribution in [0, 0.1) is 5.92 Å². The fourth-order valence-electron chi connectivity index (χ4n) is 4.73. The normalized spacial score (nSPS) is 18.8. The van der Waals surface area contributed by atoms with E-state index in [1.165, 1.54) is 12.8 Å². The van der Waals surface area contributed by atoms with Crippen LogP contribution in [-0.4, -0.2) is 31.1 Å². The molecule has 8 nitrogen and oxygen atoms in total. The lowest BCUT2D eigenvalue weighted by Gasteiger charge is -2.29. The van der Waals surface area contributed by atoms with Gasteiger partial charge in [-0.05, 0) is 31.6 Å². The van der Waals surface area contributed by atoms with E-state index in [1.54, 1.807) is 4.57 Å². The summed E-state index contributed by atoms with van der Waals surface area (Å²) in [7, 11) is 0. The van der Waals surface area contributed by atoms with Crippen molar-refractivity contribution in [1.29, 1.82) is 0 Å². The molecule has 0 radical (unpaired) electrons. The monoisotopic (exact) mass is 445 g/mol. The molecule has 0 aromatic carbocycles. The number of imidazole rings is 1. The van der Waals surface area contributed by atoms with Gasteiger partial charge in [0.1, 0.15) is 5.82 Å². The Labute approximate surface area is 189 Å². The van der Waals surface area contributed by atoms with Gasteiger partial charge in [-0.3, -0.25) is 19.1 Å². The van der Waals surface area contributed by atoms with Crippen LogP contribution in [0.15, 0.2) is 9.59 Å². The Hall–Kier alpha value is -2.38. The first-order valence-electron chi connectivity index (χ1n) is 12.5. The van der Waals surface area contributed by atoms with Crippen LogP contribution >= 0.6 is 0 Å². The number of hydrogen-bond acceptors (Lipinski definition) is 4. The molecule has 2 heterocycles. The van der Waals surface area contributed by atoms with Crippen LogP contribution in [0.25, 0.3) is 11.2 Å². The third-order valence-corrected chi connectivity index (χ3v) is 6.72. The lowest BCUT2D eigenvalue weighted by Crippen LogP contribution is -2.41. The molecule has 0 bridgehead atoms. The third kappa shape index (κ3) is 5.70. The zero-order valence-corrected chi connectivity index (χ0v) is 19.9. The Morgan fingerprint density at radius 2 is 1.78 bits per heavy atom. The topological polar surface area (TPSA) is 102 Å². The number of nitrogens with zero attached hydrogens (tertiary/aromatic N) is 3. The van der Waals surface area contributed by atoms with Crippen LogP contribution in [-0.2, 0) is 24.3 Å². The molecule has 1 fully saturated rings. The van der Waals surface area contributed by atoms with E-state index in [0.717, 1.165) is 44.9 Å². The van der Waals surface area contributed by atoms with Crippen LogP contribution in [0.4, 0.5) is 0 Å². The number of amides is 1. The van der Waals surface area contributed by atoms with Crippen molar-refractivity contribution < 1.29 is 4.79 Å². The van der Waals surface area contributed by atoms with E-state index in [9.17, 15) is 14.4 Å². The minimum absolute atomic E-state index is 0.0354. The average molecular weight is 446 g/mol. The molecule has 3 rings (SSSR count). The van der Waals surface area contributed by atoms with Gasteiger partial charge in [-0.1, -0.05) is 52.9 Å². The molecule has 2 aromatic heterocycles. The second-order valence-corrected chi connectivity index (χ2v) is 9.26. The second-order valence-electron chi connectivity index (χ2n) is 9.26. The average Bonchev–Trinajstić information content (AvgIpc) is 3.13. The van der Waals surface area contributed by atoms with E-state index in [1.807, 2.05) is 4.57 Å². The first-order chi connectivity index (χ1) is 15.5. The predicted molar refractivity (Wildman–Crippen MR) is 127 cm³/mol. The van der Waals surface area contributed by atoms with Gasteiger partial charge in [0.2, 0.25) is 5.91 Å². The molecule has 178 valence electrons. The van der Waals surface area contributed by atoms with E-state index in [0.29, 0.717) is 48.8 Å². The number of nitrogens with one attached hydrogen (secondary N) is 2. The number of carbonyl (C=O) groups is 1. The number of carbonyl (C=O) groups excluding carboxylic acids is 1. The molecule has 8 heteroatoms. The number of H-pyrrole nitrogens is 1. The molecule has 2 N–H and O–H groups in total. The van der Waals surface area contributed by atoms with Gasteiger partial charge in [-0.2, -0.15) is 0 Å². The molecule has 0 spiro atoms. The summed E-state index contributed by atoms with van der Waals surface area (Å²) in [6, 6.07) is 0.252. The fraction of sp³-hybridized carbons (Fsp3) is 0.750. The summed E-state index contributed by atoms with van der Waals surface area (Å²) in [6.07, 6.45) is 10.2. The van der Waals surface area contributed by atoms with Crippen LogP contribution < -0.4 is 16.6 Å². The molecule has 1 aliphatic carbocycles. The minimum Gasteiger partial charge on any atom is -0.353 e. The number of aromatic nitrogens is 4. The summed E-state index contributed by atoms with van der Waals surface area (Å²) in [5, 5.41) is 3.21. The van der Waals surface area contributed by atoms with Crippen LogP contribution in [0.1, 0.15) is 90.8 Å². The van der Waals surface area contributed by atoms with Gasteiger partial charge in [0, 0.05) is 32.0 Å². The highest BCUT2D eigenvalue weighted by atomic mass is 16.2. The second kappa shape index (κ2) is 11.5.